The van der Waals surface area contributed by atoms with Crippen molar-refractivity contribution < 1.29 is 0 Å². The predicted molar refractivity (Wildman–Crippen MR) is 206 cm³/mol. The molecule has 6 aliphatic rings. The van der Waals surface area contributed by atoms with Gasteiger partial charge < -0.3 is 16.8 Å². The first kappa shape index (κ1) is 32.1. The molecule has 5 heteroatoms. The summed E-state index contributed by atoms with van der Waals surface area (Å²) < 4.78 is 0. The number of amidine groups is 1. The fraction of sp³-hybridized carbons (Fsp3) is 0.295. The van der Waals surface area contributed by atoms with E-state index in [2.05, 4.69) is 115 Å². The van der Waals surface area contributed by atoms with E-state index in [1.54, 1.807) is 11.8 Å². The quantitative estimate of drug-likeness (QED) is 0.246. The van der Waals surface area contributed by atoms with Gasteiger partial charge in [-0.25, -0.2) is 0 Å². The van der Waals surface area contributed by atoms with E-state index in [9.17, 15) is 0 Å². The molecule has 8 rings (SSSR count). The molecule has 0 fully saturated rings. The summed E-state index contributed by atoms with van der Waals surface area (Å²) in [6.07, 6.45) is 33.5. The van der Waals surface area contributed by atoms with Gasteiger partial charge >= 0.3 is 0 Å². The highest BCUT2D eigenvalue weighted by Crippen LogP contribution is 2.52. The molecular formula is C44H46N4S. The second-order valence-electron chi connectivity index (χ2n) is 13.9. The van der Waals surface area contributed by atoms with Gasteiger partial charge in [0.05, 0.1) is 16.8 Å². The van der Waals surface area contributed by atoms with E-state index < -0.39 is 0 Å². The van der Waals surface area contributed by atoms with Crippen molar-refractivity contribution in [3.05, 3.63) is 178 Å². The summed E-state index contributed by atoms with van der Waals surface area (Å²) in [6, 6.07) is 20.9. The van der Waals surface area contributed by atoms with Crippen LogP contribution in [0.1, 0.15) is 61.4 Å². The number of allylic oxidation sites excluding steroid dienone is 12. The largest absolute Gasteiger partial charge is 0.340 e. The summed E-state index contributed by atoms with van der Waals surface area (Å²) in [5, 5.41) is 3.57. The van der Waals surface area contributed by atoms with E-state index in [1.807, 2.05) is 18.2 Å². The van der Waals surface area contributed by atoms with Crippen LogP contribution in [-0.4, -0.2) is 17.3 Å². The number of nitrogens with one attached hydrogen (secondary N) is 1. The predicted octanol–water partition coefficient (Wildman–Crippen LogP) is 9.28. The molecule has 0 aromatic heterocycles. The Kier molecular flexibility index (Phi) is 9.40. The summed E-state index contributed by atoms with van der Waals surface area (Å²) in [6.45, 7) is 0. The molecule has 5 N–H and O–H groups in total. The van der Waals surface area contributed by atoms with Gasteiger partial charge in [0, 0.05) is 16.8 Å². The molecule has 2 aromatic rings. The molecule has 4 nitrogen and oxygen atoms in total. The molecule has 1 aliphatic heterocycles. The molecule has 6 unspecified atom stereocenters. The molecular weight excluding hydrogens is 617 g/mol. The molecule has 6 atom stereocenters. The Balaban J connectivity index is 1.12. The molecule has 0 spiro atoms. The van der Waals surface area contributed by atoms with Gasteiger partial charge in [0.2, 0.25) is 0 Å². The topological polar surface area (TPSA) is 76.4 Å². The number of nitrogens with two attached hydrogens (primary N) is 2. The van der Waals surface area contributed by atoms with Crippen LogP contribution in [-0.2, 0) is 0 Å². The Labute approximate surface area is 295 Å². The third kappa shape index (κ3) is 6.60. The van der Waals surface area contributed by atoms with Gasteiger partial charge in [-0.05, 0) is 102 Å². The number of thioether (sulfide) groups is 1. The maximum absolute atomic E-state index is 6.74. The standard InChI is InChI=1S/C44H46N4S/c45-42(31-16-6-2-7-17-31)49-43(46)32-26-24-30(25-27-32)40-34-20-10-12-22-36(34)41(37-23-13-11-21-35(37)40)39-28-38(29-14-4-1-5-15-29)47-44(48-39)33-18-8-3-9-19-33/h1-4,6-10,13-14,16-20,23-24,26-28,30,35,38,40,42-43H,5,11-12,15,21-22,25,45-46H2,(H,47,48). The Morgan fingerprint density at radius 3 is 2.37 bits per heavy atom. The van der Waals surface area contributed by atoms with Crippen LogP contribution < -0.4 is 16.8 Å². The molecule has 5 aliphatic carbocycles. The van der Waals surface area contributed by atoms with Gasteiger partial charge in [0.25, 0.3) is 0 Å². The van der Waals surface area contributed by atoms with Crippen LogP contribution in [0.4, 0.5) is 0 Å². The van der Waals surface area contributed by atoms with E-state index in [0.717, 1.165) is 55.5 Å². The zero-order valence-corrected chi connectivity index (χ0v) is 28.9. The highest BCUT2D eigenvalue weighted by atomic mass is 32.2. The summed E-state index contributed by atoms with van der Waals surface area (Å²) in [5.41, 5.74) is 25.3. The van der Waals surface area contributed by atoms with Crippen molar-refractivity contribution in [1.29, 1.82) is 0 Å². The number of hydrogen-bond acceptors (Lipinski definition) is 5. The molecule has 0 saturated heterocycles. The van der Waals surface area contributed by atoms with Gasteiger partial charge in [-0.1, -0.05) is 121 Å². The lowest BCUT2D eigenvalue weighted by atomic mass is 9.61. The zero-order chi connectivity index (χ0) is 33.2. The summed E-state index contributed by atoms with van der Waals surface area (Å²) in [4.78, 5) is 5.29. The first-order valence-electron chi connectivity index (χ1n) is 18.0. The number of rotatable bonds is 8. The van der Waals surface area contributed by atoms with E-state index in [-0.39, 0.29) is 16.8 Å². The van der Waals surface area contributed by atoms with E-state index in [0.29, 0.717) is 17.8 Å². The number of benzene rings is 2. The number of hydrogen-bond donors (Lipinski definition) is 3. The third-order valence-corrected chi connectivity index (χ3v) is 12.0. The maximum Gasteiger partial charge on any atom is 0.133 e. The number of fused-ring (bicyclic) bond motifs is 1. The van der Waals surface area contributed by atoms with Crippen LogP contribution >= 0.6 is 11.8 Å². The lowest BCUT2D eigenvalue weighted by Crippen LogP contribution is -2.37. The molecule has 0 radical (unpaired) electrons. The fourth-order valence-electron chi connectivity index (χ4n) is 8.48. The Hall–Kier alpha value is -4.16. The van der Waals surface area contributed by atoms with Crippen LogP contribution in [0.3, 0.4) is 0 Å². The zero-order valence-electron chi connectivity index (χ0n) is 28.0. The third-order valence-electron chi connectivity index (χ3n) is 10.9. The summed E-state index contributed by atoms with van der Waals surface area (Å²) in [5.74, 6) is 2.28. The lowest BCUT2D eigenvalue weighted by molar-refractivity contribution is 0.320. The van der Waals surface area contributed by atoms with E-state index >= 15 is 0 Å². The molecule has 0 saturated carbocycles. The second-order valence-corrected chi connectivity index (χ2v) is 15.2. The highest BCUT2D eigenvalue weighted by molar-refractivity contribution is 8.00. The first-order valence-corrected chi connectivity index (χ1v) is 19.0. The van der Waals surface area contributed by atoms with Crippen molar-refractivity contribution in [2.45, 2.75) is 61.7 Å². The Morgan fingerprint density at radius 1 is 0.816 bits per heavy atom. The Morgan fingerprint density at radius 2 is 1.59 bits per heavy atom. The van der Waals surface area contributed by atoms with Crippen molar-refractivity contribution in [2.75, 3.05) is 0 Å². The van der Waals surface area contributed by atoms with Crippen LogP contribution in [0.25, 0.3) is 0 Å². The highest BCUT2D eigenvalue weighted by Gasteiger charge is 2.41. The monoisotopic (exact) mass is 662 g/mol. The van der Waals surface area contributed by atoms with Gasteiger partial charge in [-0.15, -0.1) is 11.8 Å². The summed E-state index contributed by atoms with van der Waals surface area (Å²) in [7, 11) is 0. The van der Waals surface area contributed by atoms with Crippen LogP contribution in [0.2, 0.25) is 0 Å². The van der Waals surface area contributed by atoms with Gasteiger partial charge in [-0.3, -0.25) is 4.99 Å². The van der Waals surface area contributed by atoms with Crippen molar-refractivity contribution in [2.24, 2.45) is 34.2 Å². The SMILES string of the molecule is NC(SC(N)c1ccccc1)C1=CCC(C2C3=C(CCC=C3)C(C3=CC(C4=CC=CCC4)N=C(c4ccccc4)N3)=C3C=CCCC32)C=C1. The fourth-order valence-corrected chi connectivity index (χ4v) is 9.44. The average Bonchev–Trinajstić information content (AvgIpc) is 3.17. The molecule has 0 bridgehead atoms. The van der Waals surface area contributed by atoms with Crippen molar-refractivity contribution in [3.63, 3.8) is 0 Å². The van der Waals surface area contributed by atoms with Crippen molar-refractivity contribution >= 4 is 17.6 Å². The number of aliphatic imine (C=N–C) groups is 1. The van der Waals surface area contributed by atoms with Crippen LogP contribution in [0.15, 0.2) is 172 Å². The Bertz CT molecular complexity index is 1880. The van der Waals surface area contributed by atoms with E-state index in [4.69, 9.17) is 16.5 Å². The van der Waals surface area contributed by atoms with Gasteiger partial charge in [0.15, 0.2) is 0 Å². The molecule has 0 amide bonds. The minimum atomic E-state index is -0.157. The minimum Gasteiger partial charge on any atom is -0.340 e. The second kappa shape index (κ2) is 14.4. The summed E-state index contributed by atoms with van der Waals surface area (Å²) >= 11 is 1.63. The van der Waals surface area contributed by atoms with Crippen LogP contribution in [0, 0.1) is 17.8 Å². The molecule has 49 heavy (non-hydrogen) atoms. The molecule has 1 heterocycles. The first-order chi connectivity index (χ1) is 24.1. The van der Waals surface area contributed by atoms with Crippen LogP contribution in [0.5, 0.6) is 0 Å². The number of nitrogens with zero attached hydrogens (tertiary/aromatic N) is 1. The lowest BCUT2D eigenvalue weighted by Gasteiger charge is -2.44. The van der Waals surface area contributed by atoms with Gasteiger partial charge in [0.1, 0.15) is 5.84 Å². The van der Waals surface area contributed by atoms with Crippen molar-refractivity contribution in [3.8, 4) is 0 Å². The smallest absolute Gasteiger partial charge is 0.133 e. The molecule has 248 valence electrons. The molecule has 2 aromatic carbocycles. The van der Waals surface area contributed by atoms with Gasteiger partial charge in [-0.2, -0.15) is 0 Å². The average molecular weight is 663 g/mol. The van der Waals surface area contributed by atoms with Crippen molar-refractivity contribution in [1.82, 2.24) is 5.32 Å². The van der Waals surface area contributed by atoms with E-state index in [1.165, 1.54) is 45.6 Å². The minimum absolute atomic E-state index is 0.0263. The maximum atomic E-state index is 6.74. The normalized spacial score (nSPS) is 27.3.